The van der Waals surface area contributed by atoms with Crippen molar-refractivity contribution >= 4 is 33.2 Å². The summed E-state index contributed by atoms with van der Waals surface area (Å²) in [6.07, 6.45) is 1.86. The molecule has 1 aliphatic rings. The van der Waals surface area contributed by atoms with Crippen LogP contribution < -0.4 is 10.2 Å². The van der Waals surface area contributed by atoms with Crippen LogP contribution in [0.2, 0.25) is 0 Å². The van der Waals surface area contributed by atoms with Crippen molar-refractivity contribution in [3.8, 4) is 0 Å². The number of hydrogen-bond acceptors (Lipinski definition) is 2. The van der Waals surface area contributed by atoms with Crippen LogP contribution in [0.15, 0.2) is 53.0 Å². The Labute approximate surface area is 145 Å². The van der Waals surface area contributed by atoms with Crippen molar-refractivity contribution in [3.63, 3.8) is 0 Å². The number of fused-ring (bicyclic) bond motifs is 1. The zero-order valence-corrected chi connectivity index (χ0v) is 15.0. The third-order valence-electron chi connectivity index (χ3n) is 4.42. The minimum Gasteiger partial charge on any atom is -0.378 e. The molecule has 23 heavy (non-hydrogen) atoms. The molecule has 0 saturated heterocycles. The number of anilines is 2. The number of para-hydroxylation sites is 1. The lowest BCUT2D eigenvalue weighted by atomic mass is 9.89. The SMILES string of the molecule is CC[C@H]1C[C@@H](Nc2ccccc2)c2cc(Br)ccc2N1C(C)=O. The summed E-state index contributed by atoms with van der Waals surface area (Å²) in [7, 11) is 0. The maximum Gasteiger partial charge on any atom is 0.224 e. The van der Waals surface area contributed by atoms with Gasteiger partial charge in [-0.1, -0.05) is 41.1 Å². The smallest absolute Gasteiger partial charge is 0.224 e. The summed E-state index contributed by atoms with van der Waals surface area (Å²) >= 11 is 3.56. The molecule has 4 heteroatoms. The van der Waals surface area contributed by atoms with E-state index in [0.29, 0.717) is 0 Å². The molecule has 0 aliphatic carbocycles. The fourth-order valence-corrected chi connectivity index (χ4v) is 3.75. The van der Waals surface area contributed by atoms with Crippen LogP contribution in [0.1, 0.15) is 38.3 Å². The Morgan fingerprint density at radius 1 is 1.26 bits per heavy atom. The number of carbonyl (C=O) groups excluding carboxylic acids is 1. The number of nitrogens with zero attached hydrogens (tertiary/aromatic N) is 1. The van der Waals surface area contributed by atoms with Gasteiger partial charge in [0, 0.05) is 28.8 Å². The molecule has 0 aromatic heterocycles. The van der Waals surface area contributed by atoms with Crippen molar-refractivity contribution in [2.45, 2.75) is 38.8 Å². The van der Waals surface area contributed by atoms with E-state index in [0.717, 1.165) is 28.7 Å². The predicted octanol–water partition coefficient (Wildman–Crippen LogP) is 5.14. The van der Waals surface area contributed by atoms with E-state index in [2.05, 4.69) is 46.4 Å². The Kier molecular flexibility index (Phi) is 4.71. The summed E-state index contributed by atoms with van der Waals surface area (Å²) in [5, 5.41) is 3.63. The Morgan fingerprint density at radius 2 is 2.00 bits per heavy atom. The van der Waals surface area contributed by atoms with Gasteiger partial charge in [0.15, 0.2) is 0 Å². The van der Waals surface area contributed by atoms with E-state index in [1.807, 2.05) is 35.2 Å². The van der Waals surface area contributed by atoms with Crippen LogP contribution in [-0.4, -0.2) is 11.9 Å². The van der Waals surface area contributed by atoms with Crippen molar-refractivity contribution in [1.82, 2.24) is 0 Å². The molecular formula is C19H21BrN2O. The molecule has 3 rings (SSSR count). The van der Waals surface area contributed by atoms with E-state index in [1.54, 1.807) is 6.92 Å². The van der Waals surface area contributed by atoms with Gasteiger partial charge in [-0.05, 0) is 48.7 Å². The molecule has 120 valence electrons. The highest BCUT2D eigenvalue weighted by molar-refractivity contribution is 9.10. The third-order valence-corrected chi connectivity index (χ3v) is 4.92. The second-order valence-electron chi connectivity index (χ2n) is 5.95. The number of nitrogens with one attached hydrogen (secondary N) is 1. The summed E-state index contributed by atoms with van der Waals surface area (Å²) in [6.45, 7) is 3.80. The van der Waals surface area contributed by atoms with E-state index >= 15 is 0 Å². The number of carbonyl (C=O) groups is 1. The van der Waals surface area contributed by atoms with Crippen molar-refractivity contribution < 1.29 is 4.79 Å². The highest BCUT2D eigenvalue weighted by Crippen LogP contribution is 2.41. The molecule has 1 N–H and O–H groups in total. The lowest BCUT2D eigenvalue weighted by Gasteiger charge is -2.41. The first-order chi connectivity index (χ1) is 11.1. The molecule has 1 heterocycles. The molecule has 2 atom stereocenters. The van der Waals surface area contributed by atoms with E-state index < -0.39 is 0 Å². The molecular weight excluding hydrogens is 352 g/mol. The normalized spacial score (nSPS) is 20.0. The lowest BCUT2D eigenvalue weighted by Crippen LogP contribution is -2.44. The quantitative estimate of drug-likeness (QED) is 0.808. The third kappa shape index (κ3) is 3.27. The maximum absolute atomic E-state index is 12.2. The summed E-state index contributed by atoms with van der Waals surface area (Å²) in [5.74, 6) is 0.110. The highest BCUT2D eigenvalue weighted by Gasteiger charge is 2.33. The van der Waals surface area contributed by atoms with Crippen molar-refractivity contribution in [3.05, 3.63) is 58.6 Å². The predicted molar refractivity (Wildman–Crippen MR) is 98.8 cm³/mol. The van der Waals surface area contributed by atoms with Gasteiger partial charge in [-0.2, -0.15) is 0 Å². The second-order valence-corrected chi connectivity index (χ2v) is 6.87. The van der Waals surface area contributed by atoms with Gasteiger partial charge in [-0.3, -0.25) is 4.79 Å². The topological polar surface area (TPSA) is 32.3 Å². The van der Waals surface area contributed by atoms with Crippen LogP contribution in [0.4, 0.5) is 11.4 Å². The van der Waals surface area contributed by atoms with Gasteiger partial charge in [-0.25, -0.2) is 0 Å². The first-order valence-electron chi connectivity index (χ1n) is 8.01. The largest absolute Gasteiger partial charge is 0.378 e. The zero-order valence-electron chi connectivity index (χ0n) is 13.4. The Bertz CT molecular complexity index is 702. The van der Waals surface area contributed by atoms with Crippen molar-refractivity contribution in [1.29, 1.82) is 0 Å². The lowest BCUT2D eigenvalue weighted by molar-refractivity contribution is -0.117. The fourth-order valence-electron chi connectivity index (χ4n) is 3.37. The van der Waals surface area contributed by atoms with Gasteiger partial charge in [0.1, 0.15) is 0 Å². The minimum absolute atomic E-state index is 0.110. The van der Waals surface area contributed by atoms with E-state index in [1.165, 1.54) is 5.56 Å². The molecule has 1 aliphatic heterocycles. The summed E-state index contributed by atoms with van der Waals surface area (Å²) in [6, 6.07) is 16.8. The van der Waals surface area contributed by atoms with Crippen molar-refractivity contribution in [2.24, 2.45) is 0 Å². The molecule has 2 aromatic carbocycles. The average Bonchev–Trinajstić information content (AvgIpc) is 2.55. The molecule has 3 nitrogen and oxygen atoms in total. The number of hydrogen-bond donors (Lipinski definition) is 1. The van der Waals surface area contributed by atoms with Crippen LogP contribution >= 0.6 is 15.9 Å². The van der Waals surface area contributed by atoms with Crippen LogP contribution in [0, 0.1) is 0 Å². The van der Waals surface area contributed by atoms with Crippen LogP contribution in [0.5, 0.6) is 0 Å². The van der Waals surface area contributed by atoms with E-state index in [4.69, 9.17) is 0 Å². The molecule has 0 spiro atoms. The Balaban J connectivity index is 2.02. The highest BCUT2D eigenvalue weighted by atomic mass is 79.9. The molecule has 0 unspecified atom stereocenters. The number of benzene rings is 2. The van der Waals surface area contributed by atoms with Gasteiger partial charge < -0.3 is 10.2 Å². The summed E-state index contributed by atoms with van der Waals surface area (Å²) in [5.41, 5.74) is 3.30. The van der Waals surface area contributed by atoms with Crippen LogP contribution in [-0.2, 0) is 4.79 Å². The Hall–Kier alpha value is -1.81. The first-order valence-corrected chi connectivity index (χ1v) is 8.80. The zero-order chi connectivity index (χ0) is 16.4. The first kappa shape index (κ1) is 16.1. The molecule has 2 aromatic rings. The van der Waals surface area contributed by atoms with Crippen molar-refractivity contribution in [2.75, 3.05) is 10.2 Å². The van der Waals surface area contributed by atoms with Gasteiger partial charge in [-0.15, -0.1) is 0 Å². The Morgan fingerprint density at radius 3 is 2.65 bits per heavy atom. The van der Waals surface area contributed by atoms with Gasteiger partial charge in [0.2, 0.25) is 5.91 Å². The van der Waals surface area contributed by atoms with Gasteiger partial charge in [0.25, 0.3) is 0 Å². The van der Waals surface area contributed by atoms with Gasteiger partial charge >= 0.3 is 0 Å². The summed E-state index contributed by atoms with van der Waals surface area (Å²) in [4.78, 5) is 14.1. The monoisotopic (exact) mass is 372 g/mol. The maximum atomic E-state index is 12.2. The average molecular weight is 373 g/mol. The number of rotatable bonds is 3. The summed E-state index contributed by atoms with van der Waals surface area (Å²) < 4.78 is 1.04. The molecule has 0 radical (unpaired) electrons. The van der Waals surface area contributed by atoms with E-state index in [-0.39, 0.29) is 18.0 Å². The second kappa shape index (κ2) is 6.75. The molecule has 0 fully saturated rings. The molecule has 0 saturated carbocycles. The van der Waals surface area contributed by atoms with Gasteiger partial charge in [0.05, 0.1) is 6.04 Å². The van der Waals surface area contributed by atoms with E-state index in [9.17, 15) is 4.79 Å². The van der Waals surface area contributed by atoms with Crippen LogP contribution in [0.25, 0.3) is 0 Å². The molecule has 1 amide bonds. The number of amides is 1. The number of halogens is 1. The minimum atomic E-state index is 0.110. The fraction of sp³-hybridized carbons (Fsp3) is 0.316. The standard InChI is InChI=1S/C19H21BrN2O/c1-3-16-12-18(21-15-7-5-4-6-8-15)17-11-14(20)9-10-19(17)22(16)13(2)23/h4-11,16,18,21H,3,12H2,1-2H3/t16-,18+/m0/s1. The molecule has 0 bridgehead atoms. The van der Waals surface area contributed by atoms with Crippen LogP contribution in [0.3, 0.4) is 0 Å².